The molecule has 0 aliphatic rings. The zero-order valence-electron chi connectivity index (χ0n) is 14.6. The van der Waals surface area contributed by atoms with Crippen LogP contribution in [-0.4, -0.2) is 38.3 Å². The topological polar surface area (TPSA) is 105 Å². The first kappa shape index (κ1) is 16.7. The van der Waals surface area contributed by atoms with E-state index >= 15 is 0 Å². The Morgan fingerprint density at radius 3 is 2.85 bits per heavy atom. The summed E-state index contributed by atoms with van der Waals surface area (Å²) in [6, 6.07) is 11.7. The van der Waals surface area contributed by atoms with Gasteiger partial charge in [-0.05, 0) is 27.3 Å². The molecule has 0 unspecified atom stereocenters. The van der Waals surface area contributed by atoms with E-state index in [9.17, 15) is 4.79 Å². The molecule has 0 spiro atoms. The van der Waals surface area contributed by atoms with Crippen LogP contribution in [0.4, 0.5) is 0 Å². The lowest BCUT2D eigenvalue weighted by Gasteiger charge is -2.12. The van der Waals surface area contributed by atoms with Crippen LogP contribution in [0, 0.1) is 0 Å². The summed E-state index contributed by atoms with van der Waals surface area (Å²) in [6.45, 7) is 0.0353. The van der Waals surface area contributed by atoms with Crippen molar-refractivity contribution in [3.63, 3.8) is 0 Å². The van der Waals surface area contributed by atoms with Crippen molar-refractivity contribution >= 4 is 16.7 Å². The Labute approximate surface area is 153 Å². The average Bonchev–Trinajstić information content (AvgIpc) is 3.34. The molecule has 0 radical (unpaired) electrons. The minimum atomic E-state index is -0.568. The summed E-state index contributed by atoms with van der Waals surface area (Å²) >= 11 is 0. The third-order valence-electron chi connectivity index (χ3n) is 4.03. The van der Waals surface area contributed by atoms with Gasteiger partial charge in [0.15, 0.2) is 18.1 Å². The smallest absolute Gasteiger partial charge is 0.360 e. The molecule has 2 heterocycles. The number of hydrogen-bond donors (Lipinski definition) is 0. The molecular weight excluding hydrogens is 350 g/mol. The number of rotatable bonds is 5. The van der Waals surface area contributed by atoms with Crippen LogP contribution in [0.1, 0.15) is 16.4 Å². The van der Waals surface area contributed by atoms with Gasteiger partial charge in [0.05, 0.1) is 12.7 Å². The van der Waals surface area contributed by atoms with Crippen molar-refractivity contribution in [1.29, 1.82) is 0 Å². The van der Waals surface area contributed by atoms with E-state index in [2.05, 4.69) is 25.2 Å². The fourth-order valence-corrected chi connectivity index (χ4v) is 2.76. The molecule has 136 valence electrons. The molecule has 0 saturated heterocycles. The number of carbonyl (C=O) groups is 1. The Morgan fingerprint density at radius 2 is 2.07 bits per heavy atom. The summed E-state index contributed by atoms with van der Waals surface area (Å²) in [5.74, 6) is 0.834. The molecule has 2 aromatic carbocycles. The maximum Gasteiger partial charge on any atom is 0.360 e. The summed E-state index contributed by atoms with van der Waals surface area (Å²) in [6.07, 6.45) is 1.23. The highest BCUT2D eigenvalue weighted by Gasteiger charge is 2.18. The van der Waals surface area contributed by atoms with Crippen LogP contribution < -0.4 is 4.74 Å². The van der Waals surface area contributed by atoms with Gasteiger partial charge in [-0.2, -0.15) is 0 Å². The number of fused-ring (bicyclic) bond motifs is 1. The highest BCUT2D eigenvalue weighted by atomic mass is 16.5. The minimum absolute atomic E-state index is 0.0353. The van der Waals surface area contributed by atoms with Crippen molar-refractivity contribution in [2.24, 2.45) is 7.05 Å². The number of hydrogen-bond acceptors (Lipinski definition) is 8. The fraction of sp³-hybridized carbons (Fsp3) is 0.167. The fourth-order valence-electron chi connectivity index (χ4n) is 2.76. The van der Waals surface area contributed by atoms with Gasteiger partial charge < -0.3 is 13.9 Å². The Balaban J connectivity index is 1.70. The lowest BCUT2D eigenvalue weighted by atomic mass is 10.0. The number of nitrogens with zero attached hydrogens (tertiary/aromatic N) is 5. The van der Waals surface area contributed by atoms with Crippen molar-refractivity contribution in [1.82, 2.24) is 25.2 Å². The molecule has 9 heteroatoms. The number of aryl methyl sites for hydroxylation is 1. The molecule has 4 rings (SSSR count). The molecule has 0 fully saturated rings. The van der Waals surface area contributed by atoms with Gasteiger partial charge in [0.1, 0.15) is 12.0 Å². The predicted octanol–water partition coefficient (Wildman–Crippen LogP) is 2.38. The molecule has 4 aromatic rings. The molecule has 0 aliphatic carbocycles. The Morgan fingerprint density at radius 1 is 1.22 bits per heavy atom. The van der Waals surface area contributed by atoms with Crippen LogP contribution in [0.3, 0.4) is 0 Å². The molecule has 0 atom stereocenters. The van der Waals surface area contributed by atoms with E-state index in [1.165, 1.54) is 13.4 Å². The Hall–Kier alpha value is -3.75. The van der Waals surface area contributed by atoms with Crippen LogP contribution in [0.5, 0.6) is 5.75 Å². The maximum atomic E-state index is 11.5. The number of methoxy groups -OCH3 is 1. The van der Waals surface area contributed by atoms with Gasteiger partial charge in [0.2, 0.25) is 5.89 Å². The van der Waals surface area contributed by atoms with E-state index in [1.807, 2.05) is 36.4 Å². The molecule has 0 aliphatic heterocycles. The summed E-state index contributed by atoms with van der Waals surface area (Å²) in [5.41, 5.74) is 0.854. The molecule has 0 N–H and O–H groups in total. The van der Waals surface area contributed by atoms with E-state index in [1.54, 1.807) is 11.7 Å². The lowest BCUT2D eigenvalue weighted by molar-refractivity contribution is 0.0594. The van der Waals surface area contributed by atoms with Gasteiger partial charge in [-0.3, -0.25) is 0 Å². The number of carbonyl (C=O) groups excluding carboxylic acids is 1. The summed E-state index contributed by atoms with van der Waals surface area (Å²) < 4.78 is 17.4. The molecule has 0 bridgehead atoms. The van der Waals surface area contributed by atoms with E-state index in [0.717, 1.165) is 16.3 Å². The van der Waals surface area contributed by atoms with Crippen molar-refractivity contribution < 1.29 is 18.7 Å². The quantitative estimate of drug-likeness (QED) is 0.496. The van der Waals surface area contributed by atoms with E-state index in [0.29, 0.717) is 11.6 Å². The highest BCUT2D eigenvalue weighted by molar-refractivity contribution is 5.98. The summed E-state index contributed by atoms with van der Waals surface area (Å²) in [7, 11) is 3.04. The van der Waals surface area contributed by atoms with Gasteiger partial charge in [-0.15, -0.1) is 5.10 Å². The molecule has 9 nitrogen and oxygen atoms in total. The number of oxazole rings is 1. The third-order valence-corrected chi connectivity index (χ3v) is 4.03. The maximum absolute atomic E-state index is 11.5. The second-order valence-corrected chi connectivity index (χ2v) is 5.69. The second kappa shape index (κ2) is 6.87. The Bertz CT molecular complexity index is 1120. The van der Waals surface area contributed by atoms with Crippen molar-refractivity contribution in [2.75, 3.05) is 7.11 Å². The first-order valence-electron chi connectivity index (χ1n) is 8.07. The zero-order valence-corrected chi connectivity index (χ0v) is 14.6. The lowest BCUT2D eigenvalue weighted by Crippen LogP contribution is -2.03. The van der Waals surface area contributed by atoms with Gasteiger partial charge in [0.25, 0.3) is 0 Å². The largest absolute Gasteiger partial charge is 0.483 e. The number of benzene rings is 2. The van der Waals surface area contributed by atoms with Gasteiger partial charge in [-0.1, -0.05) is 30.3 Å². The monoisotopic (exact) mass is 365 g/mol. The van der Waals surface area contributed by atoms with Crippen molar-refractivity contribution in [3.8, 4) is 17.1 Å². The van der Waals surface area contributed by atoms with Crippen LogP contribution in [-0.2, 0) is 18.4 Å². The van der Waals surface area contributed by atoms with Crippen molar-refractivity contribution in [3.05, 3.63) is 54.2 Å². The SMILES string of the molecule is COC(=O)c1coc(COc2ccc3ccccc3c2-c2nnnn2C)n1. The van der Waals surface area contributed by atoms with Crippen LogP contribution in [0.15, 0.2) is 47.1 Å². The molecule has 0 amide bonds. The van der Waals surface area contributed by atoms with Crippen LogP contribution in [0.2, 0.25) is 0 Å². The zero-order chi connectivity index (χ0) is 18.8. The predicted molar refractivity (Wildman–Crippen MR) is 93.9 cm³/mol. The Kier molecular flexibility index (Phi) is 4.25. The normalized spacial score (nSPS) is 10.9. The first-order chi connectivity index (χ1) is 13.2. The molecule has 2 aromatic heterocycles. The van der Waals surface area contributed by atoms with Gasteiger partial charge in [0, 0.05) is 7.05 Å². The van der Waals surface area contributed by atoms with Crippen LogP contribution in [0.25, 0.3) is 22.2 Å². The average molecular weight is 365 g/mol. The summed E-state index contributed by atoms with van der Waals surface area (Å²) in [5, 5.41) is 13.7. The second-order valence-electron chi connectivity index (χ2n) is 5.69. The van der Waals surface area contributed by atoms with Crippen molar-refractivity contribution in [2.45, 2.75) is 6.61 Å². The number of tetrazole rings is 1. The highest BCUT2D eigenvalue weighted by Crippen LogP contribution is 2.35. The number of aromatic nitrogens is 5. The van der Waals surface area contributed by atoms with E-state index in [-0.39, 0.29) is 18.2 Å². The molecule has 27 heavy (non-hydrogen) atoms. The van der Waals surface area contributed by atoms with Crippen LogP contribution >= 0.6 is 0 Å². The minimum Gasteiger partial charge on any atom is -0.483 e. The number of ether oxygens (including phenoxy) is 2. The molecule has 0 saturated carbocycles. The van der Waals surface area contributed by atoms with Gasteiger partial charge >= 0.3 is 5.97 Å². The standard InChI is InChI=1S/C18H15N5O4/c1-23-17(20-21-22-23)16-12-6-4-3-5-11(12)7-8-14(16)26-10-15-19-13(9-27-15)18(24)25-2/h3-9H,10H2,1-2H3. The van der Waals surface area contributed by atoms with E-state index < -0.39 is 5.97 Å². The summed E-state index contributed by atoms with van der Waals surface area (Å²) in [4.78, 5) is 15.5. The van der Waals surface area contributed by atoms with E-state index in [4.69, 9.17) is 9.15 Å². The first-order valence-corrected chi connectivity index (χ1v) is 8.07. The third kappa shape index (κ3) is 3.10. The van der Waals surface area contributed by atoms with Gasteiger partial charge in [-0.25, -0.2) is 14.5 Å². The molecular formula is C18H15N5O4. The number of esters is 1.